The number of fused-ring (bicyclic) bond motifs is 1. The first-order valence-electron chi connectivity index (χ1n) is 14.1. The van der Waals surface area contributed by atoms with E-state index in [9.17, 15) is 14.7 Å². The monoisotopic (exact) mass is 530 g/mol. The van der Waals surface area contributed by atoms with Crippen molar-refractivity contribution in [3.8, 4) is 0 Å². The van der Waals surface area contributed by atoms with Crippen LogP contribution in [0.2, 0.25) is 0 Å². The molecule has 38 heavy (non-hydrogen) atoms. The van der Waals surface area contributed by atoms with Crippen LogP contribution < -0.4 is 5.32 Å². The Balaban J connectivity index is 1.40. The highest BCUT2D eigenvalue weighted by Crippen LogP contribution is 2.33. The zero-order valence-electron chi connectivity index (χ0n) is 22.2. The third kappa shape index (κ3) is 8.71. The van der Waals surface area contributed by atoms with Gasteiger partial charge < -0.3 is 34.3 Å². The molecule has 210 valence electrons. The molecular weight excluding hydrogens is 488 g/mol. The number of carbonyl (C=O) groups excluding carboxylic acids is 2. The molecule has 9 nitrogen and oxygen atoms in total. The van der Waals surface area contributed by atoms with Crippen molar-refractivity contribution in [1.82, 2.24) is 10.2 Å². The minimum atomic E-state index is -1.04. The molecule has 3 aliphatic heterocycles. The van der Waals surface area contributed by atoms with Gasteiger partial charge in [0.1, 0.15) is 6.10 Å². The maximum Gasteiger partial charge on any atom is 0.410 e. The van der Waals surface area contributed by atoms with Crippen LogP contribution >= 0.6 is 0 Å². The van der Waals surface area contributed by atoms with E-state index in [1.54, 1.807) is 0 Å². The number of nitrogens with zero attached hydrogens (tertiary/aromatic N) is 1. The molecule has 0 aliphatic carbocycles. The third-order valence-electron chi connectivity index (χ3n) is 7.46. The van der Waals surface area contributed by atoms with Crippen LogP contribution in [-0.4, -0.2) is 79.6 Å². The van der Waals surface area contributed by atoms with E-state index in [1.807, 2.05) is 36.4 Å². The zero-order chi connectivity index (χ0) is 26.6. The SMILES string of the molecule is O=C(NC(Cc1ccccc1)C(O)CN1C/C=C\CCCCCCCCOC1=O)O[C@H]1CO[C@H]2OCC[C@H]21. The van der Waals surface area contributed by atoms with E-state index in [1.165, 1.54) is 17.7 Å². The Morgan fingerprint density at radius 3 is 2.68 bits per heavy atom. The summed E-state index contributed by atoms with van der Waals surface area (Å²) >= 11 is 0. The summed E-state index contributed by atoms with van der Waals surface area (Å²) in [5.41, 5.74) is 0.953. The second-order valence-electron chi connectivity index (χ2n) is 10.4. The van der Waals surface area contributed by atoms with E-state index in [-0.39, 0.29) is 24.9 Å². The van der Waals surface area contributed by atoms with Crippen molar-refractivity contribution in [2.45, 2.75) is 82.3 Å². The lowest BCUT2D eigenvalue weighted by atomic mass is 10.0. The number of nitrogens with one attached hydrogen (secondary N) is 1. The number of hydrogen-bond acceptors (Lipinski definition) is 7. The fourth-order valence-electron chi connectivity index (χ4n) is 5.24. The normalized spacial score (nSPS) is 27.4. The number of cyclic esters (lactones) is 1. The Hall–Kier alpha value is -2.62. The first kappa shape index (κ1) is 28.4. The van der Waals surface area contributed by atoms with Crippen molar-refractivity contribution in [1.29, 1.82) is 0 Å². The van der Waals surface area contributed by atoms with Crippen molar-refractivity contribution < 1.29 is 33.6 Å². The van der Waals surface area contributed by atoms with Gasteiger partial charge in [0.15, 0.2) is 6.29 Å². The first-order valence-corrected chi connectivity index (χ1v) is 14.1. The molecule has 0 spiro atoms. The van der Waals surface area contributed by atoms with E-state index in [0.717, 1.165) is 44.1 Å². The molecule has 0 radical (unpaired) electrons. The molecule has 2 unspecified atom stereocenters. The zero-order valence-corrected chi connectivity index (χ0v) is 22.2. The van der Waals surface area contributed by atoms with Gasteiger partial charge in [-0.25, -0.2) is 9.59 Å². The van der Waals surface area contributed by atoms with Gasteiger partial charge in [0.25, 0.3) is 0 Å². The van der Waals surface area contributed by atoms with Gasteiger partial charge in [-0.1, -0.05) is 68.2 Å². The Labute approximate surface area is 225 Å². The standard InChI is InChI=1S/C29H42N2O7/c32-25(20-31-16-11-6-4-2-1-3-5-7-12-17-36-29(31)34)24(19-22-13-9-8-10-14-22)30-28(33)38-26-21-37-27-23(26)15-18-35-27/h6,8-11,13-14,23-27,32H,1-5,7,12,15-21H2,(H,30,33)/b11-6-/t23-,24?,25?,26-,27+/m0/s1. The minimum Gasteiger partial charge on any atom is -0.449 e. The molecule has 2 N–H and O–H groups in total. The number of rotatable bonds is 7. The Morgan fingerprint density at radius 2 is 1.84 bits per heavy atom. The number of carbonyl (C=O) groups is 2. The number of hydrogen-bond donors (Lipinski definition) is 2. The van der Waals surface area contributed by atoms with Gasteiger partial charge in [-0.05, 0) is 37.7 Å². The van der Waals surface area contributed by atoms with Crippen LogP contribution in [0.1, 0.15) is 56.9 Å². The van der Waals surface area contributed by atoms with Crippen LogP contribution in [0.3, 0.4) is 0 Å². The van der Waals surface area contributed by atoms with Crippen molar-refractivity contribution in [2.75, 3.05) is 32.9 Å². The number of aliphatic hydroxyl groups excluding tert-OH is 1. The van der Waals surface area contributed by atoms with E-state index in [0.29, 0.717) is 32.8 Å². The first-order chi connectivity index (χ1) is 18.6. The predicted octanol–water partition coefficient (Wildman–Crippen LogP) is 4.19. The van der Waals surface area contributed by atoms with E-state index >= 15 is 0 Å². The Morgan fingerprint density at radius 1 is 1.05 bits per heavy atom. The number of ether oxygens (including phenoxy) is 4. The van der Waals surface area contributed by atoms with Crippen molar-refractivity contribution >= 4 is 12.2 Å². The summed E-state index contributed by atoms with van der Waals surface area (Å²) in [6, 6.07) is 8.95. The average molecular weight is 531 g/mol. The van der Waals surface area contributed by atoms with Crippen molar-refractivity contribution in [3.05, 3.63) is 48.0 Å². The van der Waals surface area contributed by atoms with Gasteiger partial charge in [0, 0.05) is 6.54 Å². The lowest BCUT2D eigenvalue weighted by molar-refractivity contribution is -0.0907. The predicted molar refractivity (Wildman–Crippen MR) is 142 cm³/mol. The maximum absolute atomic E-state index is 12.9. The lowest BCUT2D eigenvalue weighted by Crippen LogP contribution is -2.51. The summed E-state index contributed by atoms with van der Waals surface area (Å²) in [5.74, 6) is 0.0237. The quantitative estimate of drug-likeness (QED) is 0.509. The van der Waals surface area contributed by atoms with Crippen LogP contribution in [0.15, 0.2) is 42.5 Å². The van der Waals surface area contributed by atoms with Crippen LogP contribution in [0, 0.1) is 5.92 Å². The van der Waals surface area contributed by atoms with E-state index in [4.69, 9.17) is 18.9 Å². The number of amides is 2. The van der Waals surface area contributed by atoms with Gasteiger partial charge in [0.2, 0.25) is 0 Å². The molecule has 1 aromatic rings. The summed E-state index contributed by atoms with van der Waals surface area (Å²) in [4.78, 5) is 27.3. The molecule has 4 rings (SSSR count). The van der Waals surface area contributed by atoms with Gasteiger partial charge in [-0.3, -0.25) is 0 Å². The van der Waals surface area contributed by atoms with E-state index < -0.39 is 24.3 Å². The molecule has 2 amide bonds. The van der Waals surface area contributed by atoms with Crippen molar-refractivity contribution in [3.63, 3.8) is 0 Å². The maximum atomic E-state index is 12.9. The molecule has 2 fully saturated rings. The summed E-state index contributed by atoms with van der Waals surface area (Å²) in [6.45, 7) is 1.60. The number of alkyl carbamates (subject to hydrolysis) is 1. The van der Waals surface area contributed by atoms with Crippen LogP contribution in [0.4, 0.5) is 9.59 Å². The van der Waals surface area contributed by atoms with Crippen LogP contribution in [-0.2, 0) is 25.4 Å². The molecule has 0 saturated carbocycles. The number of allylic oxidation sites excluding steroid dienone is 1. The second-order valence-corrected chi connectivity index (χ2v) is 10.4. The molecule has 9 heteroatoms. The van der Waals surface area contributed by atoms with Gasteiger partial charge in [-0.15, -0.1) is 0 Å². The van der Waals surface area contributed by atoms with Crippen LogP contribution in [0.25, 0.3) is 0 Å². The molecule has 3 aliphatic rings. The molecule has 1 aromatic carbocycles. The highest BCUT2D eigenvalue weighted by molar-refractivity contribution is 5.69. The van der Waals surface area contributed by atoms with E-state index in [2.05, 4.69) is 11.4 Å². The molecule has 2 saturated heterocycles. The Kier molecular flexibility index (Phi) is 11.3. The smallest absolute Gasteiger partial charge is 0.410 e. The summed E-state index contributed by atoms with van der Waals surface area (Å²) < 4.78 is 22.3. The lowest BCUT2D eigenvalue weighted by Gasteiger charge is -2.29. The largest absolute Gasteiger partial charge is 0.449 e. The number of benzene rings is 1. The average Bonchev–Trinajstić information content (AvgIpc) is 3.53. The molecule has 0 bridgehead atoms. The highest BCUT2D eigenvalue weighted by atomic mass is 16.7. The minimum absolute atomic E-state index is 0.0199. The van der Waals surface area contributed by atoms with Gasteiger partial charge >= 0.3 is 12.2 Å². The van der Waals surface area contributed by atoms with Gasteiger partial charge in [-0.2, -0.15) is 0 Å². The van der Waals surface area contributed by atoms with Gasteiger partial charge in [0.05, 0.1) is 44.4 Å². The molecule has 5 atom stereocenters. The summed E-state index contributed by atoms with van der Waals surface area (Å²) in [6.07, 6.45) is 9.91. The highest BCUT2D eigenvalue weighted by Gasteiger charge is 2.44. The fraction of sp³-hybridized carbons (Fsp3) is 0.655. The Bertz CT molecular complexity index is 896. The van der Waals surface area contributed by atoms with Crippen molar-refractivity contribution in [2.24, 2.45) is 5.92 Å². The topological polar surface area (TPSA) is 107 Å². The van der Waals surface area contributed by atoms with Crippen LogP contribution in [0.5, 0.6) is 0 Å². The molecular formula is C29H42N2O7. The fourth-order valence-corrected chi connectivity index (χ4v) is 5.24. The second kappa shape index (κ2) is 15.1. The third-order valence-corrected chi connectivity index (χ3v) is 7.46. The number of β-amino-alcohol motifs (C(OH)–C–C–N with tert-alkyl or cyclic N) is 1. The molecule has 0 aromatic heterocycles. The number of aliphatic hydroxyl groups is 1. The molecule has 3 heterocycles. The summed E-state index contributed by atoms with van der Waals surface area (Å²) in [7, 11) is 0. The summed E-state index contributed by atoms with van der Waals surface area (Å²) in [5, 5.41) is 14.1.